The van der Waals surface area contributed by atoms with Crippen LogP contribution >= 0.6 is 12.4 Å². The molecule has 0 atom stereocenters. The van der Waals surface area contributed by atoms with Crippen molar-refractivity contribution in [2.24, 2.45) is 0 Å². The quantitative estimate of drug-likeness (QED) is 0.507. The summed E-state index contributed by atoms with van der Waals surface area (Å²) in [6.07, 6.45) is 0. The van der Waals surface area contributed by atoms with Crippen molar-refractivity contribution in [1.29, 1.82) is 0 Å². The van der Waals surface area contributed by atoms with Gasteiger partial charge >= 0.3 is 0 Å². The molecule has 0 radical (unpaired) electrons. The SMILES string of the molecule is CCOc1ccc(Oc2ccc(OCc3ccc(F)c(F)c3)cc2)c(N)c1.Cl. The van der Waals surface area contributed by atoms with Gasteiger partial charge in [-0.25, -0.2) is 8.78 Å². The first-order chi connectivity index (χ1) is 13.0. The van der Waals surface area contributed by atoms with Crippen LogP contribution in [0, 0.1) is 11.6 Å². The van der Waals surface area contributed by atoms with Crippen LogP contribution in [0.2, 0.25) is 0 Å². The molecule has 0 saturated carbocycles. The highest BCUT2D eigenvalue weighted by Gasteiger charge is 2.06. The van der Waals surface area contributed by atoms with Crippen LogP contribution in [0.25, 0.3) is 0 Å². The summed E-state index contributed by atoms with van der Waals surface area (Å²) >= 11 is 0. The molecule has 0 amide bonds. The van der Waals surface area contributed by atoms with Crippen LogP contribution in [-0.4, -0.2) is 6.61 Å². The van der Waals surface area contributed by atoms with E-state index in [4.69, 9.17) is 19.9 Å². The lowest BCUT2D eigenvalue weighted by Crippen LogP contribution is -1.97. The Bertz CT molecular complexity index is 920. The fourth-order valence-corrected chi connectivity index (χ4v) is 2.40. The van der Waals surface area contributed by atoms with Gasteiger partial charge in [0.15, 0.2) is 17.4 Å². The Hall–Kier alpha value is -2.99. The van der Waals surface area contributed by atoms with E-state index in [-0.39, 0.29) is 19.0 Å². The lowest BCUT2D eigenvalue weighted by atomic mass is 10.2. The van der Waals surface area contributed by atoms with Gasteiger partial charge in [-0.2, -0.15) is 0 Å². The summed E-state index contributed by atoms with van der Waals surface area (Å²) in [6, 6.07) is 15.8. The molecule has 0 unspecified atom stereocenters. The van der Waals surface area contributed by atoms with Gasteiger partial charge in [0.1, 0.15) is 23.9 Å². The molecule has 0 spiro atoms. The smallest absolute Gasteiger partial charge is 0.159 e. The molecule has 3 rings (SSSR count). The molecule has 0 aliphatic carbocycles. The number of hydrogen-bond donors (Lipinski definition) is 1. The predicted molar refractivity (Wildman–Crippen MR) is 106 cm³/mol. The molecule has 0 saturated heterocycles. The van der Waals surface area contributed by atoms with Gasteiger partial charge in [-0.05, 0) is 61.0 Å². The molecule has 0 bridgehead atoms. The van der Waals surface area contributed by atoms with Gasteiger partial charge in [0.2, 0.25) is 0 Å². The van der Waals surface area contributed by atoms with Gasteiger partial charge in [-0.15, -0.1) is 12.4 Å². The first-order valence-electron chi connectivity index (χ1n) is 8.42. The Morgan fingerprint density at radius 3 is 2.11 bits per heavy atom. The van der Waals surface area contributed by atoms with Crippen LogP contribution in [0.15, 0.2) is 60.7 Å². The minimum absolute atomic E-state index is 0. The lowest BCUT2D eigenvalue weighted by Gasteiger charge is -2.11. The van der Waals surface area contributed by atoms with E-state index in [9.17, 15) is 8.78 Å². The Morgan fingerprint density at radius 1 is 0.786 bits per heavy atom. The highest BCUT2D eigenvalue weighted by molar-refractivity contribution is 5.85. The maximum atomic E-state index is 13.2. The summed E-state index contributed by atoms with van der Waals surface area (Å²) in [5.41, 5.74) is 6.99. The van der Waals surface area contributed by atoms with Crippen molar-refractivity contribution in [3.8, 4) is 23.0 Å². The highest BCUT2D eigenvalue weighted by atomic mass is 35.5. The lowest BCUT2D eigenvalue weighted by molar-refractivity contribution is 0.304. The Kier molecular flexibility index (Phi) is 7.46. The van der Waals surface area contributed by atoms with E-state index >= 15 is 0 Å². The van der Waals surface area contributed by atoms with E-state index < -0.39 is 11.6 Å². The van der Waals surface area contributed by atoms with Crippen LogP contribution < -0.4 is 19.9 Å². The molecule has 0 fully saturated rings. The van der Waals surface area contributed by atoms with Crippen LogP contribution in [0.4, 0.5) is 14.5 Å². The molecule has 3 aromatic rings. The van der Waals surface area contributed by atoms with E-state index in [1.165, 1.54) is 6.07 Å². The van der Waals surface area contributed by atoms with Crippen molar-refractivity contribution in [3.05, 3.63) is 77.9 Å². The zero-order chi connectivity index (χ0) is 19.2. The molecule has 148 valence electrons. The maximum Gasteiger partial charge on any atom is 0.159 e. The average molecular weight is 408 g/mol. The predicted octanol–water partition coefficient (Wildman–Crippen LogP) is 5.74. The van der Waals surface area contributed by atoms with E-state index in [2.05, 4.69) is 0 Å². The number of ether oxygens (including phenoxy) is 3. The summed E-state index contributed by atoms with van der Waals surface area (Å²) in [5.74, 6) is 0.594. The summed E-state index contributed by atoms with van der Waals surface area (Å²) in [6.45, 7) is 2.59. The van der Waals surface area contributed by atoms with Gasteiger partial charge in [0.25, 0.3) is 0 Å². The number of nitrogen functional groups attached to an aromatic ring is 1. The zero-order valence-corrected chi connectivity index (χ0v) is 16.0. The summed E-state index contributed by atoms with van der Waals surface area (Å²) in [7, 11) is 0. The molecule has 0 aliphatic heterocycles. The second-order valence-electron chi connectivity index (χ2n) is 5.74. The van der Waals surface area contributed by atoms with Crippen molar-refractivity contribution < 1.29 is 23.0 Å². The summed E-state index contributed by atoms with van der Waals surface area (Å²) < 4.78 is 42.9. The monoisotopic (exact) mass is 407 g/mol. The zero-order valence-electron chi connectivity index (χ0n) is 15.2. The molecule has 4 nitrogen and oxygen atoms in total. The number of rotatable bonds is 7. The van der Waals surface area contributed by atoms with E-state index in [1.54, 1.807) is 42.5 Å². The molecule has 7 heteroatoms. The molecule has 3 aromatic carbocycles. The standard InChI is InChI=1S/C21H19F2NO3.ClH/c1-2-25-17-8-10-21(20(24)12-17)27-16-6-4-15(5-7-16)26-13-14-3-9-18(22)19(23)11-14;/h3-12H,2,13,24H2,1H3;1H. The molecular formula is C21H20ClF2NO3. The Morgan fingerprint density at radius 2 is 1.46 bits per heavy atom. The van der Waals surface area contributed by atoms with Crippen molar-refractivity contribution in [2.75, 3.05) is 12.3 Å². The van der Waals surface area contributed by atoms with Gasteiger partial charge in [-0.3, -0.25) is 0 Å². The van der Waals surface area contributed by atoms with E-state index in [1.807, 2.05) is 6.92 Å². The first-order valence-corrected chi connectivity index (χ1v) is 8.42. The van der Waals surface area contributed by atoms with Crippen molar-refractivity contribution in [2.45, 2.75) is 13.5 Å². The van der Waals surface area contributed by atoms with Crippen molar-refractivity contribution >= 4 is 18.1 Å². The number of nitrogens with two attached hydrogens (primary N) is 1. The fraction of sp³-hybridized carbons (Fsp3) is 0.143. The third kappa shape index (κ3) is 5.50. The van der Waals surface area contributed by atoms with Crippen molar-refractivity contribution in [3.63, 3.8) is 0 Å². The normalized spacial score (nSPS) is 10.1. The number of benzene rings is 3. The van der Waals surface area contributed by atoms with Gasteiger partial charge in [0, 0.05) is 6.07 Å². The molecule has 0 aliphatic rings. The van der Waals surface area contributed by atoms with Crippen molar-refractivity contribution in [1.82, 2.24) is 0 Å². The number of hydrogen-bond acceptors (Lipinski definition) is 4. The summed E-state index contributed by atoms with van der Waals surface area (Å²) in [5, 5.41) is 0. The van der Waals surface area contributed by atoms with Crippen LogP contribution in [-0.2, 0) is 6.61 Å². The number of anilines is 1. The second kappa shape index (κ2) is 9.80. The average Bonchev–Trinajstić information content (AvgIpc) is 2.66. The Balaban J connectivity index is 0.00000280. The third-order valence-corrected chi connectivity index (χ3v) is 3.73. The van der Waals surface area contributed by atoms with Gasteiger partial charge < -0.3 is 19.9 Å². The van der Waals surface area contributed by atoms with Crippen LogP contribution in [0.1, 0.15) is 12.5 Å². The maximum absolute atomic E-state index is 13.2. The molecule has 2 N–H and O–H groups in total. The van der Waals surface area contributed by atoms with Gasteiger partial charge in [0.05, 0.1) is 12.3 Å². The fourth-order valence-electron chi connectivity index (χ4n) is 2.40. The van der Waals surface area contributed by atoms with Crippen LogP contribution in [0.5, 0.6) is 23.0 Å². The third-order valence-electron chi connectivity index (χ3n) is 3.73. The van der Waals surface area contributed by atoms with E-state index in [0.717, 1.165) is 12.1 Å². The highest BCUT2D eigenvalue weighted by Crippen LogP contribution is 2.31. The largest absolute Gasteiger partial charge is 0.494 e. The molecule has 28 heavy (non-hydrogen) atoms. The molecular weight excluding hydrogens is 388 g/mol. The van der Waals surface area contributed by atoms with Gasteiger partial charge in [-0.1, -0.05) is 6.07 Å². The minimum Gasteiger partial charge on any atom is -0.494 e. The first kappa shape index (κ1) is 21.3. The molecule has 0 aromatic heterocycles. The Labute approximate surface area is 168 Å². The number of halogens is 3. The molecule has 0 heterocycles. The topological polar surface area (TPSA) is 53.7 Å². The summed E-state index contributed by atoms with van der Waals surface area (Å²) in [4.78, 5) is 0. The van der Waals surface area contributed by atoms with Crippen LogP contribution in [0.3, 0.4) is 0 Å². The second-order valence-corrected chi connectivity index (χ2v) is 5.74. The minimum atomic E-state index is -0.896. The van der Waals surface area contributed by atoms with E-state index in [0.29, 0.717) is 40.9 Å².